The Hall–Kier alpha value is -3.80. The quantitative estimate of drug-likeness (QED) is 0.554. The van der Waals surface area contributed by atoms with Gasteiger partial charge in [-0.2, -0.15) is 0 Å². The van der Waals surface area contributed by atoms with Crippen LogP contribution >= 0.6 is 0 Å². The average molecular weight is 502 g/mol. The van der Waals surface area contributed by atoms with E-state index in [1.165, 1.54) is 6.07 Å². The van der Waals surface area contributed by atoms with Crippen LogP contribution in [0.4, 0.5) is 30.5 Å². The van der Waals surface area contributed by atoms with Crippen LogP contribution in [0.1, 0.15) is 21.5 Å². The molecule has 3 N–H and O–H groups in total. The lowest BCUT2D eigenvalue weighted by molar-refractivity contribution is -0.274. The zero-order valence-electron chi connectivity index (χ0n) is 19.9. The molecule has 9 nitrogen and oxygen atoms in total. The first-order chi connectivity index (χ1) is 17.1. The number of nitrogens with two attached hydrogens (primary N) is 1. The predicted octanol–water partition coefficient (Wildman–Crippen LogP) is 3.07. The Morgan fingerprint density at radius 2 is 1.89 bits per heavy atom. The van der Waals surface area contributed by atoms with Crippen LogP contribution < -0.4 is 20.7 Å². The van der Waals surface area contributed by atoms with Crippen LogP contribution in [0.2, 0.25) is 0 Å². The number of piperazine rings is 1. The van der Waals surface area contributed by atoms with E-state index in [0.717, 1.165) is 48.7 Å². The summed E-state index contributed by atoms with van der Waals surface area (Å²) in [5.41, 5.74) is 9.89. The van der Waals surface area contributed by atoms with Gasteiger partial charge in [-0.1, -0.05) is 0 Å². The van der Waals surface area contributed by atoms with Gasteiger partial charge < -0.3 is 30.2 Å². The summed E-state index contributed by atoms with van der Waals surface area (Å²) in [6.07, 6.45) is -0.292. The SMILES string of the molecule is CN1CCN(c2ccc(OC(F)(F)F)c(Nc3ncc4c(n3)-c3c(c(C(N)=O)cn3C)CC4)c2)CC1. The molecule has 1 amide bonds. The maximum atomic E-state index is 13.1. The van der Waals surface area contributed by atoms with Gasteiger partial charge in [0.1, 0.15) is 0 Å². The molecule has 12 heteroatoms. The second-order valence-electron chi connectivity index (χ2n) is 9.06. The van der Waals surface area contributed by atoms with Crippen LogP contribution in [-0.2, 0) is 19.9 Å². The van der Waals surface area contributed by atoms with E-state index in [0.29, 0.717) is 24.1 Å². The van der Waals surface area contributed by atoms with Crippen molar-refractivity contribution in [3.05, 3.63) is 47.3 Å². The van der Waals surface area contributed by atoms with Crippen molar-refractivity contribution >= 4 is 23.2 Å². The molecule has 3 aromatic rings. The van der Waals surface area contributed by atoms with Gasteiger partial charge in [0.25, 0.3) is 5.91 Å². The summed E-state index contributed by atoms with van der Waals surface area (Å²) in [7, 11) is 3.83. The van der Waals surface area contributed by atoms with Crippen LogP contribution in [0.3, 0.4) is 0 Å². The van der Waals surface area contributed by atoms with E-state index in [4.69, 9.17) is 5.73 Å². The molecule has 0 spiro atoms. The highest BCUT2D eigenvalue weighted by atomic mass is 19.4. The van der Waals surface area contributed by atoms with Crippen molar-refractivity contribution in [3.8, 4) is 17.1 Å². The summed E-state index contributed by atoms with van der Waals surface area (Å²) >= 11 is 0. The maximum absolute atomic E-state index is 13.1. The van der Waals surface area contributed by atoms with Gasteiger partial charge in [-0.3, -0.25) is 4.79 Å². The first-order valence-corrected chi connectivity index (χ1v) is 11.5. The van der Waals surface area contributed by atoms with E-state index in [2.05, 4.69) is 29.8 Å². The molecule has 5 rings (SSSR count). The fourth-order valence-electron chi connectivity index (χ4n) is 4.78. The molecule has 36 heavy (non-hydrogen) atoms. The number of aryl methyl sites for hydroxylation is 2. The van der Waals surface area contributed by atoms with E-state index in [1.807, 2.05) is 7.05 Å². The summed E-state index contributed by atoms with van der Waals surface area (Å²) < 4.78 is 45.4. The Kier molecular flexibility index (Phi) is 5.99. The van der Waals surface area contributed by atoms with E-state index in [1.54, 1.807) is 36.1 Å². The van der Waals surface area contributed by atoms with Crippen molar-refractivity contribution in [2.24, 2.45) is 12.8 Å². The van der Waals surface area contributed by atoms with Crippen LogP contribution in [0.15, 0.2) is 30.6 Å². The zero-order chi connectivity index (χ0) is 25.6. The van der Waals surface area contributed by atoms with Crippen LogP contribution in [0.5, 0.6) is 5.75 Å². The van der Waals surface area contributed by atoms with Crippen molar-refractivity contribution in [1.29, 1.82) is 0 Å². The number of aromatic nitrogens is 3. The number of rotatable bonds is 5. The smallest absolute Gasteiger partial charge is 0.404 e. The Bertz CT molecular complexity index is 1310. The minimum absolute atomic E-state index is 0.101. The number of alkyl halides is 3. The number of likely N-dealkylation sites (N-methyl/N-ethyl adjacent to an activating group) is 1. The number of hydrogen-bond acceptors (Lipinski definition) is 7. The highest BCUT2D eigenvalue weighted by Crippen LogP contribution is 2.38. The normalized spacial score (nSPS) is 15.9. The molecular formula is C24H26F3N7O2. The van der Waals surface area contributed by atoms with Crippen LogP contribution in [0, 0.1) is 0 Å². The van der Waals surface area contributed by atoms with Gasteiger partial charge in [-0.15, -0.1) is 13.2 Å². The summed E-state index contributed by atoms with van der Waals surface area (Å²) in [4.78, 5) is 25.2. The monoisotopic (exact) mass is 501 g/mol. The number of benzene rings is 1. The van der Waals surface area contributed by atoms with E-state index < -0.39 is 12.3 Å². The summed E-state index contributed by atoms with van der Waals surface area (Å²) in [6, 6.07) is 4.54. The van der Waals surface area contributed by atoms with Crippen molar-refractivity contribution in [3.63, 3.8) is 0 Å². The highest BCUT2D eigenvalue weighted by Gasteiger charge is 2.33. The second kappa shape index (κ2) is 9.01. The summed E-state index contributed by atoms with van der Waals surface area (Å²) in [5.74, 6) is -0.777. The van der Waals surface area contributed by atoms with E-state index in [-0.39, 0.29) is 17.4 Å². The molecule has 0 radical (unpaired) electrons. The van der Waals surface area contributed by atoms with Crippen molar-refractivity contribution in [1.82, 2.24) is 19.4 Å². The zero-order valence-corrected chi connectivity index (χ0v) is 19.9. The lowest BCUT2D eigenvalue weighted by Gasteiger charge is -2.34. The highest BCUT2D eigenvalue weighted by molar-refractivity contribution is 5.96. The third-order valence-corrected chi connectivity index (χ3v) is 6.59. The summed E-state index contributed by atoms with van der Waals surface area (Å²) in [6.45, 7) is 3.21. The number of amides is 1. The van der Waals surface area contributed by atoms with Gasteiger partial charge >= 0.3 is 6.36 Å². The number of primary amides is 1. The molecule has 1 fully saturated rings. The maximum Gasteiger partial charge on any atom is 0.573 e. The van der Waals surface area contributed by atoms with Crippen LogP contribution in [0.25, 0.3) is 11.4 Å². The third kappa shape index (κ3) is 4.68. The number of halogens is 3. The largest absolute Gasteiger partial charge is 0.573 e. The minimum atomic E-state index is -4.86. The molecule has 2 aromatic heterocycles. The Labute approximate surface area is 205 Å². The molecule has 1 aliphatic heterocycles. The standard InChI is InChI=1S/C24H26F3N7O2/c1-32-7-9-34(10-8-32)15-4-6-19(36-24(25,26)27)18(11-15)30-23-29-12-14-3-5-16-17(22(28)35)13-33(2)21(16)20(14)31-23/h4,6,11-13H,3,5,7-10H2,1-2H3,(H2,28,35)(H,29,30,31). The number of ether oxygens (including phenoxy) is 1. The molecule has 1 saturated heterocycles. The third-order valence-electron chi connectivity index (χ3n) is 6.59. The Morgan fingerprint density at radius 3 is 2.58 bits per heavy atom. The van der Waals surface area contributed by atoms with Gasteiger partial charge in [-0.25, -0.2) is 9.97 Å². The number of fused-ring (bicyclic) bond motifs is 3. The molecule has 0 saturated carbocycles. The summed E-state index contributed by atoms with van der Waals surface area (Å²) in [5, 5.41) is 2.93. The number of hydrogen-bond donors (Lipinski definition) is 2. The molecule has 190 valence electrons. The molecule has 0 atom stereocenters. The first-order valence-electron chi connectivity index (χ1n) is 11.5. The molecule has 0 bridgehead atoms. The van der Waals surface area contributed by atoms with Crippen molar-refractivity contribution in [2.45, 2.75) is 19.2 Å². The minimum Gasteiger partial charge on any atom is -0.404 e. The lowest BCUT2D eigenvalue weighted by atomic mass is 9.92. The van der Waals surface area contributed by atoms with Gasteiger partial charge in [0.2, 0.25) is 5.95 Å². The fraction of sp³-hybridized carbons (Fsp3) is 0.375. The number of nitrogens with one attached hydrogen (secondary N) is 1. The Balaban J connectivity index is 1.51. The first kappa shape index (κ1) is 23.9. The molecule has 0 unspecified atom stereocenters. The molecule has 1 aliphatic carbocycles. The predicted molar refractivity (Wildman–Crippen MR) is 128 cm³/mol. The average Bonchev–Trinajstić information content (AvgIpc) is 3.17. The number of nitrogens with zero attached hydrogens (tertiary/aromatic N) is 5. The van der Waals surface area contributed by atoms with Crippen molar-refractivity contribution < 1.29 is 22.7 Å². The number of carbonyl (C=O) groups is 1. The van der Waals surface area contributed by atoms with Gasteiger partial charge in [0.05, 0.1) is 22.6 Å². The van der Waals surface area contributed by atoms with Gasteiger partial charge in [0, 0.05) is 51.3 Å². The Morgan fingerprint density at radius 1 is 1.14 bits per heavy atom. The second-order valence-corrected chi connectivity index (χ2v) is 9.06. The molecule has 2 aliphatic rings. The molecule has 3 heterocycles. The molecular weight excluding hydrogens is 475 g/mol. The van der Waals surface area contributed by atoms with Gasteiger partial charge in [-0.05, 0) is 49.2 Å². The number of carbonyl (C=O) groups excluding carboxylic acids is 1. The lowest BCUT2D eigenvalue weighted by Crippen LogP contribution is -2.44. The van der Waals surface area contributed by atoms with E-state index >= 15 is 0 Å². The molecule has 1 aromatic carbocycles. The van der Waals surface area contributed by atoms with Crippen LogP contribution in [-0.4, -0.2) is 64.9 Å². The fourth-order valence-corrected chi connectivity index (χ4v) is 4.78. The van der Waals surface area contributed by atoms with Crippen molar-refractivity contribution in [2.75, 3.05) is 43.4 Å². The van der Waals surface area contributed by atoms with E-state index in [9.17, 15) is 18.0 Å². The number of anilines is 3. The van der Waals surface area contributed by atoms with Gasteiger partial charge in [0.15, 0.2) is 5.75 Å². The topological polar surface area (TPSA) is 102 Å².